The van der Waals surface area contributed by atoms with Crippen molar-refractivity contribution in [2.75, 3.05) is 7.05 Å². The SMILES string of the molecule is CN(/C=C(/C#N)C(=O)C(F)(F)F)C1CCCCC1. The Labute approximate surface area is 104 Å². The summed E-state index contributed by atoms with van der Waals surface area (Å²) in [7, 11) is 1.61. The monoisotopic (exact) mass is 260 g/mol. The molecule has 1 saturated carbocycles. The number of allylic oxidation sites excluding steroid dienone is 1. The summed E-state index contributed by atoms with van der Waals surface area (Å²) in [6.45, 7) is 0. The van der Waals surface area contributed by atoms with Gasteiger partial charge in [-0.05, 0) is 12.8 Å². The third-order valence-electron chi connectivity index (χ3n) is 3.11. The normalized spacial score (nSPS) is 18.3. The van der Waals surface area contributed by atoms with Gasteiger partial charge in [-0.3, -0.25) is 4.79 Å². The summed E-state index contributed by atoms with van der Waals surface area (Å²) in [5.74, 6) is -2.08. The molecule has 0 unspecified atom stereocenters. The molecule has 0 amide bonds. The fourth-order valence-corrected chi connectivity index (χ4v) is 2.09. The molecule has 0 aliphatic heterocycles. The minimum atomic E-state index is -4.99. The molecule has 0 atom stereocenters. The van der Waals surface area contributed by atoms with Gasteiger partial charge in [-0.15, -0.1) is 0 Å². The lowest BCUT2D eigenvalue weighted by atomic mass is 9.94. The van der Waals surface area contributed by atoms with Crippen LogP contribution in [0.25, 0.3) is 0 Å². The number of hydrogen-bond acceptors (Lipinski definition) is 3. The van der Waals surface area contributed by atoms with Crippen LogP contribution in [0.5, 0.6) is 0 Å². The van der Waals surface area contributed by atoms with Crippen LogP contribution in [0, 0.1) is 11.3 Å². The predicted molar refractivity (Wildman–Crippen MR) is 59.4 cm³/mol. The van der Waals surface area contributed by atoms with E-state index in [9.17, 15) is 18.0 Å². The van der Waals surface area contributed by atoms with Crippen molar-refractivity contribution in [2.24, 2.45) is 0 Å². The summed E-state index contributed by atoms with van der Waals surface area (Å²) >= 11 is 0. The number of nitriles is 1. The molecule has 18 heavy (non-hydrogen) atoms. The van der Waals surface area contributed by atoms with Crippen molar-refractivity contribution < 1.29 is 18.0 Å². The highest BCUT2D eigenvalue weighted by Gasteiger charge is 2.41. The average Bonchev–Trinajstić information content (AvgIpc) is 2.34. The van der Waals surface area contributed by atoms with Crippen LogP contribution in [0.2, 0.25) is 0 Å². The number of hydrogen-bond donors (Lipinski definition) is 0. The maximum atomic E-state index is 12.2. The molecule has 0 heterocycles. The van der Waals surface area contributed by atoms with Gasteiger partial charge in [0, 0.05) is 19.3 Å². The van der Waals surface area contributed by atoms with E-state index in [0.29, 0.717) is 0 Å². The first-order valence-electron chi connectivity index (χ1n) is 5.81. The quantitative estimate of drug-likeness (QED) is 0.579. The molecule has 0 saturated heterocycles. The number of alkyl halides is 3. The van der Waals surface area contributed by atoms with E-state index in [1.807, 2.05) is 0 Å². The molecule has 6 heteroatoms. The Bertz CT molecular complexity index is 376. The lowest BCUT2D eigenvalue weighted by Crippen LogP contribution is -2.31. The Balaban J connectivity index is 2.78. The van der Waals surface area contributed by atoms with Crippen molar-refractivity contribution in [3.63, 3.8) is 0 Å². The Morgan fingerprint density at radius 3 is 2.33 bits per heavy atom. The minimum absolute atomic E-state index is 0.114. The molecular weight excluding hydrogens is 245 g/mol. The Morgan fingerprint density at radius 2 is 1.89 bits per heavy atom. The van der Waals surface area contributed by atoms with Crippen molar-refractivity contribution in [1.82, 2.24) is 4.90 Å². The Hall–Kier alpha value is -1.51. The molecule has 1 fully saturated rings. The van der Waals surface area contributed by atoms with Gasteiger partial charge in [0.05, 0.1) is 0 Å². The predicted octanol–water partition coefficient (Wildman–Crippen LogP) is 2.79. The molecule has 0 aromatic rings. The van der Waals surface area contributed by atoms with Gasteiger partial charge in [-0.2, -0.15) is 18.4 Å². The highest BCUT2D eigenvalue weighted by atomic mass is 19.4. The van der Waals surface area contributed by atoms with E-state index in [0.717, 1.165) is 38.3 Å². The molecule has 1 aliphatic carbocycles. The average molecular weight is 260 g/mol. The molecule has 0 spiro atoms. The number of nitrogens with zero attached hydrogens (tertiary/aromatic N) is 2. The van der Waals surface area contributed by atoms with Gasteiger partial charge in [0.1, 0.15) is 11.6 Å². The van der Waals surface area contributed by atoms with E-state index in [4.69, 9.17) is 5.26 Å². The lowest BCUT2D eigenvalue weighted by molar-refractivity contribution is -0.166. The van der Waals surface area contributed by atoms with Gasteiger partial charge < -0.3 is 4.90 Å². The topological polar surface area (TPSA) is 44.1 Å². The van der Waals surface area contributed by atoms with Gasteiger partial charge in [0.2, 0.25) is 0 Å². The van der Waals surface area contributed by atoms with Crippen molar-refractivity contribution in [2.45, 2.75) is 44.3 Å². The number of ketones is 1. The van der Waals surface area contributed by atoms with Gasteiger partial charge in [0.25, 0.3) is 5.78 Å². The summed E-state index contributed by atoms with van der Waals surface area (Å²) in [6.07, 6.45) is 0.967. The van der Waals surface area contributed by atoms with Crippen LogP contribution in [-0.4, -0.2) is 29.9 Å². The van der Waals surface area contributed by atoms with E-state index < -0.39 is 17.5 Å². The molecule has 1 aliphatic rings. The third-order valence-corrected chi connectivity index (χ3v) is 3.11. The number of Topliss-reactive ketones (excluding diaryl/α,β-unsaturated/α-hetero) is 1. The van der Waals surface area contributed by atoms with E-state index >= 15 is 0 Å². The second kappa shape index (κ2) is 5.89. The summed E-state index contributed by atoms with van der Waals surface area (Å²) < 4.78 is 36.7. The summed E-state index contributed by atoms with van der Waals surface area (Å²) in [5.41, 5.74) is -0.851. The Morgan fingerprint density at radius 1 is 1.33 bits per heavy atom. The second-order valence-electron chi connectivity index (χ2n) is 4.44. The molecule has 3 nitrogen and oxygen atoms in total. The highest BCUT2D eigenvalue weighted by Crippen LogP contribution is 2.24. The number of rotatable bonds is 3. The van der Waals surface area contributed by atoms with Crippen molar-refractivity contribution in [3.05, 3.63) is 11.8 Å². The summed E-state index contributed by atoms with van der Waals surface area (Å²) in [6, 6.07) is 1.44. The molecule has 0 aromatic heterocycles. The zero-order valence-corrected chi connectivity index (χ0v) is 10.1. The molecule has 100 valence electrons. The maximum Gasteiger partial charge on any atom is 0.455 e. The molecule has 0 bridgehead atoms. The molecule has 0 N–H and O–H groups in total. The van der Waals surface area contributed by atoms with E-state index in [2.05, 4.69) is 0 Å². The number of carbonyl (C=O) groups excluding carboxylic acids is 1. The van der Waals surface area contributed by atoms with Crippen LogP contribution in [-0.2, 0) is 4.79 Å². The maximum absolute atomic E-state index is 12.2. The number of carbonyl (C=O) groups is 1. The first-order valence-corrected chi connectivity index (χ1v) is 5.81. The van der Waals surface area contributed by atoms with Crippen molar-refractivity contribution in [1.29, 1.82) is 5.26 Å². The second-order valence-corrected chi connectivity index (χ2v) is 4.44. The third kappa shape index (κ3) is 3.76. The van der Waals surface area contributed by atoms with Gasteiger partial charge in [-0.25, -0.2) is 0 Å². The largest absolute Gasteiger partial charge is 0.455 e. The number of halogens is 3. The zero-order chi connectivity index (χ0) is 13.8. The first-order chi connectivity index (χ1) is 8.36. The van der Waals surface area contributed by atoms with Gasteiger partial charge >= 0.3 is 6.18 Å². The summed E-state index contributed by atoms with van der Waals surface area (Å²) in [5, 5.41) is 8.64. The fraction of sp³-hybridized carbons (Fsp3) is 0.667. The van der Waals surface area contributed by atoms with Crippen LogP contribution in [0.4, 0.5) is 13.2 Å². The van der Waals surface area contributed by atoms with Gasteiger partial charge in [-0.1, -0.05) is 19.3 Å². The smallest absolute Gasteiger partial charge is 0.376 e. The van der Waals surface area contributed by atoms with E-state index in [1.165, 1.54) is 6.07 Å². The van der Waals surface area contributed by atoms with Crippen LogP contribution in [0.3, 0.4) is 0 Å². The highest BCUT2D eigenvalue weighted by molar-refractivity contribution is 6.02. The minimum Gasteiger partial charge on any atom is -0.376 e. The van der Waals surface area contributed by atoms with Crippen LogP contribution >= 0.6 is 0 Å². The summed E-state index contributed by atoms with van der Waals surface area (Å²) in [4.78, 5) is 12.5. The standard InChI is InChI=1S/C12H15F3N2O/c1-17(10-5-3-2-4-6-10)8-9(7-16)11(18)12(13,14)15/h8,10H,2-6H2,1H3/b9-8-. The van der Waals surface area contributed by atoms with Gasteiger partial charge in [0.15, 0.2) is 0 Å². The van der Waals surface area contributed by atoms with E-state index in [-0.39, 0.29) is 6.04 Å². The van der Waals surface area contributed by atoms with Crippen molar-refractivity contribution >= 4 is 5.78 Å². The van der Waals surface area contributed by atoms with Crippen LogP contribution < -0.4 is 0 Å². The van der Waals surface area contributed by atoms with Crippen LogP contribution in [0.1, 0.15) is 32.1 Å². The zero-order valence-electron chi connectivity index (χ0n) is 10.1. The molecule has 1 rings (SSSR count). The lowest BCUT2D eigenvalue weighted by Gasteiger charge is -2.30. The van der Waals surface area contributed by atoms with Crippen molar-refractivity contribution in [3.8, 4) is 6.07 Å². The Kier molecular flexibility index (Phi) is 4.76. The molecule has 0 radical (unpaired) electrons. The first kappa shape index (κ1) is 14.6. The molecule has 0 aromatic carbocycles. The van der Waals surface area contributed by atoms with E-state index in [1.54, 1.807) is 11.9 Å². The fourth-order valence-electron chi connectivity index (χ4n) is 2.09. The molecular formula is C12H15F3N2O. The van der Waals surface area contributed by atoms with Crippen LogP contribution in [0.15, 0.2) is 11.8 Å².